The third-order valence-corrected chi connectivity index (χ3v) is 4.35. The molecule has 29 heavy (non-hydrogen) atoms. The molecule has 9 nitrogen and oxygen atoms in total. The van der Waals surface area contributed by atoms with Crippen molar-refractivity contribution in [2.75, 3.05) is 19.9 Å². The maximum absolute atomic E-state index is 13.4. The second-order valence-electron chi connectivity index (χ2n) is 5.98. The normalized spacial score (nSPS) is 19.7. The summed E-state index contributed by atoms with van der Waals surface area (Å²) in [7, 11) is 0. The molecule has 1 saturated heterocycles. The number of nitrogens with zero attached hydrogens (tertiary/aromatic N) is 3. The van der Waals surface area contributed by atoms with E-state index in [0.29, 0.717) is 0 Å². The van der Waals surface area contributed by atoms with Crippen molar-refractivity contribution in [2.45, 2.75) is 18.4 Å². The molecular formula is C15H12Cl2F3N3O6. The van der Waals surface area contributed by atoms with Gasteiger partial charge >= 0.3 is 12.1 Å². The third-order valence-electron chi connectivity index (χ3n) is 3.85. The Labute approximate surface area is 171 Å². The standard InChI is InChI=1S/C15H12Cl2F3N3O6/c16-8-1-7-2-10(13(15(18,19)20)29-12(7)11(17)3-8)14(25)27-6-28-21-23(26)22-4-9(24)5-22/h1-3,9,13,24H,4-6H2/b23-21-. The minimum Gasteiger partial charge on any atom is -0.569 e. The summed E-state index contributed by atoms with van der Waals surface area (Å²) in [4.78, 5) is 16.6. The lowest BCUT2D eigenvalue weighted by molar-refractivity contribution is -0.727. The van der Waals surface area contributed by atoms with Crippen LogP contribution < -0.4 is 4.74 Å². The number of rotatable bonds is 5. The average molecular weight is 458 g/mol. The van der Waals surface area contributed by atoms with Crippen molar-refractivity contribution in [3.8, 4) is 5.75 Å². The lowest BCUT2D eigenvalue weighted by atomic mass is 10.0. The molecule has 0 aromatic heterocycles. The largest absolute Gasteiger partial charge is 0.569 e. The second kappa shape index (κ2) is 8.13. The van der Waals surface area contributed by atoms with Gasteiger partial charge < -0.3 is 24.6 Å². The third kappa shape index (κ3) is 4.77. The fraction of sp³-hybridized carbons (Fsp3) is 0.400. The van der Waals surface area contributed by atoms with Crippen LogP contribution >= 0.6 is 23.2 Å². The highest BCUT2D eigenvalue weighted by molar-refractivity contribution is 6.36. The molecule has 0 amide bonds. The first-order chi connectivity index (χ1) is 13.6. The number of aliphatic hydroxyl groups is 1. The number of esters is 1. The van der Waals surface area contributed by atoms with Gasteiger partial charge in [-0.25, -0.2) is 4.79 Å². The summed E-state index contributed by atoms with van der Waals surface area (Å²) in [5.41, 5.74) is -0.806. The lowest BCUT2D eigenvalue weighted by Crippen LogP contribution is -2.53. The van der Waals surface area contributed by atoms with Crippen LogP contribution in [0.5, 0.6) is 5.75 Å². The molecule has 1 aromatic carbocycles. The highest BCUT2D eigenvalue weighted by atomic mass is 35.5. The topological polar surface area (TPSA) is 107 Å². The van der Waals surface area contributed by atoms with Gasteiger partial charge in [-0.05, 0) is 18.2 Å². The molecule has 2 heterocycles. The van der Waals surface area contributed by atoms with E-state index in [1.807, 2.05) is 0 Å². The minimum atomic E-state index is -4.94. The lowest BCUT2D eigenvalue weighted by Gasteiger charge is -2.30. The summed E-state index contributed by atoms with van der Waals surface area (Å²) in [6, 6.07) is 2.47. The Morgan fingerprint density at radius 2 is 2.10 bits per heavy atom. The molecule has 0 aliphatic carbocycles. The number of β-amino-alcohol motifs (C(OH)–C–C–N with tert-alkyl or cyclic N) is 1. The van der Waals surface area contributed by atoms with Crippen molar-refractivity contribution in [1.29, 1.82) is 0 Å². The van der Waals surface area contributed by atoms with E-state index in [1.165, 1.54) is 12.1 Å². The molecule has 0 bridgehead atoms. The molecule has 14 heteroatoms. The Kier molecular flexibility index (Phi) is 5.96. The first-order valence-corrected chi connectivity index (χ1v) is 8.66. The molecule has 1 N–H and O–H groups in total. The molecule has 0 radical (unpaired) electrons. The van der Waals surface area contributed by atoms with Gasteiger partial charge in [-0.3, -0.25) is 0 Å². The Morgan fingerprint density at radius 3 is 2.72 bits per heavy atom. The monoisotopic (exact) mass is 457 g/mol. The first-order valence-electron chi connectivity index (χ1n) is 7.90. The van der Waals surface area contributed by atoms with Crippen molar-refractivity contribution < 1.29 is 42.4 Å². The number of hydrogen-bond acceptors (Lipinski definition) is 7. The van der Waals surface area contributed by atoms with E-state index in [0.717, 1.165) is 11.1 Å². The van der Waals surface area contributed by atoms with Gasteiger partial charge in [0.05, 0.1) is 15.6 Å². The van der Waals surface area contributed by atoms with Gasteiger partial charge in [0.2, 0.25) is 11.4 Å². The van der Waals surface area contributed by atoms with Crippen LogP contribution in [-0.2, 0) is 14.4 Å². The van der Waals surface area contributed by atoms with Gasteiger partial charge in [-0.2, -0.15) is 13.2 Å². The SMILES string of the molecule is O=C(OCO/N=[N+](\[O-])N1CC(O)C1)C1=Cc2cc(Cl)cc(Cl)c2OC1C(F)(F)F. The van der Waals surface area contributed by atoms with Crippen LogP contribution in [0, 0.1) is 5.21 Å². The number of aliphatic hydroxyl groups excluding tert-OH is 1. The van der Waals surface area contributed by atoms with Crippen LogP contribution in [-0.4, -0.2) is 59.3 Å². The van der Waals surface area contributed by atoms with Crippen LogP contribution in [0.1, 0.15) is 5.56 Å². The zero-order chi connectivity index (χ0) is 21.3. The van der Waals surface area contributed by atoms with Gasteiger partial charge in [0.1, 0.15) is 24.9 Å². The van der Waals surface area contributed by atoms with E-state index >= 15 is 0 Å². The highest BCUT2D eigenvalue weighted by Crippen LogP contribution is 2.42. The molecule has 1 aromatic rings. The molecule has 0 spiro atoms. The van der Waals surface area contributed by atoms with Gasteiger partial charge in [0.25, 0.3) is 6.79 Å². The van der Waals surface area contributed by atoms with Crippen LogP contribution in [0.2, 0.25) is 10.0 Å². The number of hydrogen-bond donors (Lipinski definition) is 1. The van der Waals surface area contributed by atoms with Crippen LogP contribution in [0.4, 0.5) is 13.2 Å². The molecule has 1 atom stereocenters. The van der Waals surface area contributed by atoms with Gasteiger partial charge in [0, 0.05) is 10.6 Å². The predicted octanol–water partition coefficient (Wildman–Crippen LogP) is 2.69. The summed E-state index contributed by atoms with van der Waals surface area (Å²) in [5, 5.41) is 24.5. The van der Waals surface area contributed by atoms with E-state index in [1.54, 1.807) is 0 Å². The predicted molar refractivity (Wildman–Crippen MR) is 90.6 cm³/mol. The fourth-order valence-corrected chi connectivity index (χ4v) is 3.06. The molecule has 0 saturated carbocycles. The Balaban J connectivity index is 1.71. The highest BCUT2D eigenvalue weighted by Gasteiger charge is 2.49. The maximum atomic E-state index is 13.4. The van der Waals surface area contributed by atoms with E-state index < -0.39 is 36.7 Å². The Bertz CT molecular complexity index is 874. The van der Waals surface area contributed by atoms with E-state index in [4.69, 9.17) is 33.0 Å². The average Bonchev–Trinajstić information content (AvgIpc) is 2.60. The number of benzene rings is 1. The first kappa shape index (κ1) is 21.3. The van der Waals surface area contributed by atoms with Gasteiger partial charge in [0.15, 0.2) is 0 Å². The number of ether oxygens (including phenoxy) is 2. The van der Waals surface area contributed by atoms with Crippen LogP contribution in [0.3, 0.4) is 0 Å². The quantitative estimate of drug-likeness (QED) is 0.181. The van der Waals surface area contributed by atoms with Crippen molar-refractivity contribution >= 4 is 35.2 Å². The smallest absolute Gasteiger partial charge is 0.430 e. The van der Waals surface area contributed by atoms with E-state index in [2.05, 4.69) is 14.9 Å². The molecule has 158 valence electrons. The second-order valence-corrected chi connectivity index (χ2v) is 6.83. The number of carbonyl (C=O) groups excluding carboxylic acids is 1. The Morgan fingerprint density at radius 1 is 1.41 bits per heavy atom. The molecule has 1 unspecified atom stereocenters. The summed E-state index contributed by atoms with van der Waals surface area (Å²) in [6.07, 6.45) is -7.34. The number of hydrazine groups is 1. The maximum Gasteiger partial charge on any atom is 0.430 e. The fourth-order valence-electron chi connectivity index (χ4n) is 2.51. The molecule has 3 rings (SSSR count). The number of carbonyl (C=O) groups is 1. The van der Waals surface area contributed by atoms with E-state index in [-0.39, 0.29) is 39.4 Å². The molecule has 2 aliphatic heterocycles. The van der Waals surface area contributed by atoms with Crippen molar-refractivity contribution in [3.05, 3.63) is 38.5 Å². The minimum absolute atomic E-state index is 0.0162. The summed E-state index contributed by atoms with van der Waals surface area (Å²) >= 11 is 11.7. The Hall–Kier alpha value is -2.44. The zero-order valence-corrected chi connectivity index (χ0v) is 15.7. The number of halogens is 5. The number of fused-ring (bicyclic) bond motifs is 1. The summed E-state index contributed by atoms with van der Waals surface area (Å²) in [6.45, 7) is -0.852. The van der Waals surface area contributed by atoms with Gasteiger partial charge in [-0.1, -0.05) is 23.2 Å². The van der Waals surface area contributed by atoms with Gasteiger partial charge in [-0.15, -0.1) is 5.01 Å². The summed E-state index contributed by atoms with van der Waals surface area (Å²) < 4.78 is 49.5. The van der Waals surface area contributed by atoms with Crippen molar-refractivity contribution in [1.82, 2.24) is 5.01 Å². The molecule has 1 fully saturated rings. The van der Waals surface area contributed by atoms with Crippen LogP contribution in [0.25, 0.3) is 6.08 Å². The molecule has 2 aliphatic rings. The van der Waals surface area contributed by atoms with E-state index in [9.17, 15) is 23.2 Å². The van der Waals surface area contributed by atoms with Crippen LogP contribution in [0.15, 0.2) is 23.0 Å². The van der Waals surface area contributed by atoms with Crippen molar-refractivity contribution in [2.24, 2.45) is 5.28 Å². The zero-order valence-electron chi connectivity index (χ0n) is 14.2. The summed E-state index contributed by atoms with van der Waals surface area (Å²) in [5.74, 6) is -1.68. The molecular weight excluding hydrogens is 446 g/mol. The van der Waals surface area contributed by atoms with Crippen molar-refractivity contribution in [3.63, 3.8) is 0 Å². The number of alkyl halides is 3.